The van der Waals surface area contributed by atoms with Crippen molar-refractivity contribution in [2.45, 2.75) is 198 Å². The molecule has 3 aliphatic heterocycles. The Kier molecular flexibility index (Phi) is 13.6. The van der Waals surface area contributed by atoms with Gasteiger partial charge in [0.15, 0.2) is 25.0 Å². The van der Waals surface area contributed by atoms with E-state index in [9.17, 15) is 70.6 Å². The molecule has 16 unspecified atom stereocenters. The van der Waals surface area contributed by atoms with Crippen LogP contribution in [-0.4, -0.2) is 186 Å². The Hall–Kier alpha value is -2.25. The van der Waals surface area contributed by atoms with Crippen LogP contribution in [-0.2, 0) is 42.8 Å². The zero-order valence-corrected chi connectivity index (χ0v) is 39.0. The second-order valence-electron chi connectivity index (χ2n) is 22.8. The highest BCUT2D eigenvalue weighted by molar-refractivity contribution is 5.78. The van der Waals surface area contributed by atoms with Crippen LogP contribution in [0.25, 0.3) is 0 Å². The van der Waals surface area contributed by atoms with E-state index in [2.05, 4.69) is 40.7 Å². The predicted octanol–water partition coefficient (Wildman–Crippen LogP) is -0.413. The fourth-order valence-electron chi connectivity index (χ4n) is 14.8. The maximum atomic E-state index is 13.8. The van der Waals surface area contributed by atoms with Crippen LogP contribution in [0.5, 0.6) is 0 Å². The van der Waals surface area contributed by atoms with Gasteiger partial charge in [-0.15, -0.1) is 0 Å². The summed E-state index contributed by atoms with van der Waals surface area (Å²) in [5, 5.41) is 118. The third kappa shape index (κ3) is 7.78. The van der Waals surface area contributed by atoms with Crippen molar-refractivity contribution in [1.82, 2.24) is 0 Å². The minimum absolute atomic E-state index is 0.0258. The third-order valence-electron chi connectivity index (χ3n) is 18.9. The first-order chi connectivity index (χ1) is 31.3. The number of hydrogen-bond donors (Lipinski definition) is 11. The largest absolute Gasteiger partial charge is 0.481 e. The highest BCUT2D eigenvalue weighted by atomic mass is 16.8. The van der Waals surface area contributed by atoms with E-state index >= 15 is 0 Å². The number of allylic oxidation sites excluding steroid dienone is 2. The molecular weight excluding hydrogens is 884 g/mol. The summed E-state index contributed by atoms with van der Waals surface area (Å²) < 4.78 is 35.9. The minimum atomic E-state index is -2.14. The molecule has 0 radical (unpaired) electrons. The van der Waals surface area contributed by atoms with Gasteiger partial charge in [0, 0.05) is 0 Å². The van der Waals surface area contributed by atoms with Gasteiger partial charge in [-0.25, -0.2) is 4.79 Å². The lowest BCUT2D eigenvalue weighted by molar-refractivity contribution is -0.391. The number of aliphatic carboxylic acids is 2. The normalized spacial score (nSPS) is 54.0. The number of aliphatic hydroxyl groups excluding tert-OH is 9. The number of aldehydes is 1. The van der Waals surface area contributed by atoms with Gasteiger partial charge in [0.05, 0.1) is 30.8 Å². The molecule has 20 nitrogen and oxygen atoms in total. The number of ether oxygens (including phenoxy) is 6. The van der Waals surface area contributed by atoms with E-state index in [-0.39, 0.29) is 36.0 Å². The summed E-state index contributed by atoms with van der Waals surface area (Å²) in [6.07, 6.45) is -20.5. The molecule has 0 aromatic rings. The van der Waals surface area contributed by atoms with Gasteiger partial charge in [0.25, 0.3) is 0 Å². The molecule has 11 N–H and O–H groups in total. The topological polar surface area (TPSA) is 329 Å². The summed E-state index contributed by atoms with van der Waals surface area (Å²) in [6.45, 7) is 11.3. The van der Waals surface area contributed by atoms with Crippen molar-refractivity contribution in [2.24, 2.45) is 50.2 Å². The summed E-state index contributed by atoms with van der Waals surface area (Å²) in [5.74, 6) is -3.36. The summed E-state index contributed by atoms with van der Waals surface area (Å²) in [7, 11) is 0. The van der Waals surface area contributed by atoms with E-state index in [0.29, 0.717) is 44.9 Å². The van der Waals surface area contributed by atoms with E-state index in [1.165, 1.54) is 0 Å². The average Bonchev–Trinajstić information content (AvgIpc) is 3.26. The molecule has 0 aromatic carbocycles. The molecule has 0 amide bonds. The number of carbonyl (C=O) groups excluding carboxylic acids is 1. The molecule has 380 valence electrons. The van der Waals surface area contributed by atoms with Crippen LogP contribution in [0.1, 0.15) is 99.3 Å². The summed E-state index contributed by atoms with van der Waals surface area (Å²) in [5.41, 5.74) is -3.10. The average molecular weight is 957 g/mol. The quantitative estimate of drug-likeness (QED) is 0.0753. The maximum absolute atomic E-state index is 13.8. The van der Waals surface area contributed by atoms with Crippen LogP contribution in [0.4, 0.5) is 0 Å². The Morgan fingerprint density at radius 1 is 0.731 bits per heavy atom. The van der Waals surface area contributed by atoms with Gasteiger partial charge in [-0.3, -0.25) is 4.79 Å². The second kappa shape index (κ2) is 17.8. The van der Waals surface area contributed by atoms with Gasteiger partial charge in [-0.2, -0.15) is 0 Å². The zero-order chi connectivity index (χ0) is 49.1. The molecule has 4 saturated carbocycles. The van der Waals surface area contributed by atoms with Gasteiger partial charge < -0.3 is 89.4 Å². The number of carboxylic acid groups (broad SMARTS) is 2. The zero-order valence-electron chi connectivity index (χ0n) is 39.0. The van der Waals surface area contributed by atoms with Crippen molar-refractivity contribution < 1.29 is 99.0 Å². The Morgan fingerprint density at radius 3 is 2.04 bits per heavy atom. The molecule has 5 aliphatic carbocycles. The van der Waals surface area contributed by atoms with Crippen molar-refractivity contribution >= 4 is 18.2 Å². The maximum Gasteiger partial charge on any atom is 0.335 e. The van der Waals surface area contributed by atoms with Gasteiger partial charge in [0.2, 0.25) is 0 Å². The van der Waals surface area contributed by atoms with Crippen LogP contribution in [0.2, 0.25) is 0 Å². The van der Waals surface area contributed by atoms with E-state index < -0.39 is 150 Å². The van der Waals surface area contributed by atoms with Crippen molar-refractivity contribution in [3.63, 3.8) is 0 Å². The standard InChI is InChI=1S/C47H72O20/c1-42(2)13-14-47(41(60)61)21(15-42)20-7-8-25-43(3)11-10-27(44(4,19-49)24(43)9-12-45(25,5)46(20,6)16-26(47)51)64-40-36(67-39-32(56)30(54)29(53)23(17-48)63-39)34(33(57)35(66-40)37(58)59)65-38-31(55)28(52)22(50)18-62-38/h7,19,21-36,38-40,48,50-57H,8-18H2,1-6H3,(H,58,59)(H,60,61)/t21?,22-,23?,24?,25?,26?,27+,28?,29+,30?,31?,32?,33+,34?,35?,36?,38+,39+,40-,43?,44?,45?,46?,47-/m1/s1. The monoisotopic (exact) mass is 956 g/mol. The van der Waals surface area contributed by atoms with Gasteiger partial charge in [-0.05, 0) is 97.2 Å². The van der Waals surface area contributed by atoms with Crippen molar-refractivity contribution in [3.8, 4) is 0 Å². The first-order valence-corrected chi connectivity index (χ1v) is 23.8. The molecule has 8 rings (SSSR count). The lowest BCUT2D eigenvalue weighted by Crippen LogP contribution is -2.69. The SMILES string of the molecule is CC1(C)CC[C@]2(C(=O)O)C(O)CC3(C)C(=CCC4C5(C)CC[C@H](O[C@@H]6OC(C(=O)O)[C@@H](O)C(O[C@@H]7OC[C@@H](O)C(O)C7O)C6O[C@@H]6OC(CO)[C@H](O)C(O)C6O)C(C)(C=O)C5CCC43C)C2C1. The molecule has 0 spiro atoms. The molecule has 3 saturated heterocycles. The molecular formula is C47H72O20. The first kappa shape index (κ1) is 51.1. The number of carboxylic acids is 2. The number of carbonyl (C=O) groups is 3. The van der Waals surface area contributed by atoms with E-state index in [1.54, 1.807) is 6.92 Å². The highest BCUT2D eigenvalue weighted by Crippen LogP contribution is 2.76. The van der Waals surface area contributed by atoms with Crippen molar-refractivity contribution in [1.29, 1.82) is 0 Å². The van der Waals surface area contributed by atoms with Gasteiger partial charge >= 0.3 is 11.9 Å². The van der Waals surface area contributed by atoms with E-state index in [4.69, 9.17) is 28.4 Å². The Bertz CT molecular complexity index is 1910. The van der Waals surface area contributed by atoms with Crippen LogP contribution < -0.4 is 0 Å². The molecule has 0 aromatic heterocycles. The van der Waals surface area contributed by atoms with Crippen LogP contribution >= 0.6 is 0 Å². The lowest BCUT2D eigenvalue weighted by Gasteiger charge is -2.71. The molecule has 3 heterocycles. The number of aliphatic hydroxyl groups is 9. The van der Waals surface area contributed by atoms with Crippen LogP contribution in [0.15, 0.2) is 11.6 Å². The second-order valence-corrected chi connectivity index (χ2v) is 22.8. The Balaban J connectivity index is 1.13. The van der Waals surface area contributed by atoms with Crippen molar-refractivity contribution in [3.05, 3.63) is 11.6 Å². The molecule has 0 bridgehead atoms. The third-order valence-corrected chi connectivity index (χ3v) is 18.9. The molecule has 20 heteroatoms. The van der Waals surface area contributed by atoms with Gasteiger partial charge in [0.1, 0.15) is 72.7 Å². The Morgan fingerprint density at radius 2 is 1.40 bits per heavy atom. The van der Waals surface area contributed by atoms with Crippen LogP contribution in [0.3, 0.4) is 0 Å². The van der Waals surface area contributed by atoms with Crippen molar-refractivity contribution in [2.75, 3.05) is 13.2 Å². The number of rotatable bonds is 10. The van der Waals surface area contributed by atoms with E-state index in [0.717, 1.165) is 11.9 Å². The fraction of sp³-hybridized carbons (Fsp3) is 0.894. The van der Waals surface area contributed by atoms with E-state index in [1.807, 2.05) is 0 Å². The molecule has 24 atom stereocenters. The molecule has 8 aliphatic rings. The first-order valence-electron chi connectivity index (χ1n) is 23.8. The summed E-state index contributed by atoms with van der Waals surface area (Å²) >= 11 is 0. The minimum Gasteiger partial charge on any atom is -0.481 e. The Labute approximate surface area is 389 Å². The fourth-order valence-corrected chi connectivity index (χ4v) is 14.8. The number of fused-ring (bicyclic) bond motifs is 7. The number of hydrogen-bond acceptors (Lipinski definition) is 18. The smallest absolute Gasteiger partial charge is 0.335 e. The predicted molar refractivity (Wildman–Crippen MR) is 227 cm³/mol. The lowest BCUT2D eigenvalue weighted by atomic mass is 9.33. The highest BCUT2D eigenvalue weighted by Gasteiger charge is 2.72. The van der Waals surface area contributed by atoms with Crippen LogP contribution in [0, 0.1) is 50.2 Å². The molecule has 7 fully saturated rings. The van der Waals surface area contributed by atoms with Gasteiger partial charge in [-0.1, -0.05) is 53.2 Å². The summed E-state index contributed by atoms with van der Waals surface area (Å²) in [6, 6.07) is 0. The summed E-state index contributed by atoms with van der Waals surface area (Å²) in [4.78, 5) is 39.8. The molecule has 67 heavy (non-hydrogen) atoms.